The monoisotopic (exact) mass is 503 g/mol. The van der Waals surface area contributed by atoms with Crippen LogP contribution in [0.2, 0.25) is 0 Å². The molecule has 194 valence electrons. The van der Waals surface area contributed by atoms with Gasteiger partial charge < -0.3 is 20.4 Å². The molecule has 2 aromatic carbocycles. The van der Waals surface area contributed by atoms with Crippen LogP contribution in [-0.2, 0) is 9.59 Å². The van der Waals surface area contributed by atoms with Crippen molar-refractivity contribution in [2.75, 3.05) is 42.9 Å². The lowest BCUT2D eigenvalue weighted by molar-refractivity contribution is -0.129. The number of aromatic nitrogens is 1. The van der Waals surface area contributed by atoms with Crippen LogP contribution in [0.15, 0.2) is 66.9 Å². The van der Waals surface area contributed by atoms with Gasteiger partial charge in [-0.25, -0.2) is 9.37 Å². The van der Waals surface area contributed by atoms with Gasteiger partial charge in [0.2, 0.25) is 11.8 Å². The second kappa shape index (κ2) is 12.0. The van der Waals surface area contributed by atoms with Crippen molar-refractivity contribution in [1.29, 1.82) is 0 Å². The Morgan fingerprint density at radius 2 is 1.73 bits per heavy atom. The normalized spacial score (nSPS) is 15.2. The Kier molecular flexibility index (Phi) is 8.50. The lowest BCUT2D eigenvalue weighted by atomic mass is 9.98. The van der Waals surface area contributed by atoms with Crippen molar-refractivity contribution in [1.82, 2.24) is 15.2 Å². The standard InChI is InChI=1S/C29H34FN5O2/c1-20-7-9-23(10-8-20)21(2)18-32-28(24-5-4-6-25(30)17-24)29(37)33-27-12-11-26(19-31-27)35-15-13-34(14-16-35)22(3)36/h4-12,17,19,21,28,32H,13-16,18H2,1-3H3,(H,31,33,37)/t21-,28-/m1/s1. The molecule has 0 aliphatic carbocycles. The summed E-state index contributed by atoms with van der Waals surface area (Å²) in [6, 6.07) is 17.3. The van der Waals surface area contributed by atoms with Crippen LogP contribution >= 0.6 is 0 Å². The number of pyridine rings is 1. The molecular weight excluding hydrogens is 469 g/mol. The molecule has 0 radical (unpaired) electrons. The summed E-state index contributed by atoms with van der Waals surface area (Å²) in [4.78, 5) is 33.3. The highest BCUT2D eigenvalue weighted by Gasteiger charge is 2.23. The van der Waals surface area contributed by atoms with Crippen molar-refractivity contribution >= 4 is 23.3 Å². The number of carbonyl (C=O) groups excluding carboxylic acids is 2. The van der Waals surface area contributed by atoms with E-state index >= 15 is 0 Å². The number of nitrogens with zero attached hydrogens (tertiary/aromatic N) is 3. The minimum absolute atomic E-state index is 0.0885. The first-order valence-corrected chi connectivity index (χ1v) is 12.6. The number of halogens is 1. The SMILES string of the molecule is CC(=O)N1CCN(c2ccc(NC(=O)[C@H](NC[C@@H](C)c3ccc(C)cc3)c3cccc(F)c3)nc2)CC1. The van der Waals surface area contributed by atoms with Gasteiger partial charge in [-0.05, 0) is 48.2 Å². The largest absolute Gasteiger partial charge is 0.367 e. The molecule has 3 aromatic rings. The summed E-state index contributed by atoms with van der Waals surface area (Å²) < 4.78 is 14.0. The van der Waals surface area contributed by atoms with Gasteiger partial charge in [-0.2, -0.15) is 0 Å². The minimum Gasteiger partial charge on any atom is -0.367 e. The molecule has 2 N–H and O–H groups in total. The lowest BCUT2D eigenvalue weighted by Gasteiger charge is -2.35. The Balaban J connectivity index is 1.42. The Morgan fingerprint density at radius 3 is 2.35 bits per heavy atom. The molecule has 1 aliphatic heterocycles. The number of hydrogen-bond donors (Lipinski definition) is 2. The van der Waals surface area contributed by atoms with Crippen molar-refractivity contribution in [3.05, 3.63) is 89.4 Å². The Morgan fingerprint density at radius 1 is 1.00 bits per heavy atom. The zero-order valence-corrected chi connectivity index (χ0v) is 21.6. The number of hydrogen-bond acceptors (Lipinski definition) is 5. The number of aryl methyl sites for hydroxylation is 1. The van der Waals surface area contributed by atoms with Crippen molar-refractivity contribution < 1.29 is 14.0 Å². The zero-order valence-electron chi connectivity index (χ0n) is 21.6. The van der Waals surface area contributed by atoms with E-state index in [0.717, 1.165) is 24.3 Å². The molecule has 37 heavy (non-hydrogen) atoms. The highest BCUT2D eigenvalue weighted by atomic mass is 19.1. The van der Waals surface area contributed by atoms with Gasteiger partial charge in [0.1, 0.15) is 17.7 Å². The maximum absolute atomic E-state index is 14.0. The number of piperazine rings is 1. The number of carbonyl (C=O) groups is 2. The van der Waals surface area contributed by atoms with Gasteiger partial charge in [0.25, 0.3) is 0 Å². The first-order valence-electron chi connectivity index (χ1n) is 12.6. The van der Waals surface area contributed by atoms with Gasteiger partial charge in [-0.1, -0.05) is 48.9 Å². The molecule has 0 saturated carbocycles. The molecule has 2 heterocycles. The van der Waals surface area contributed by atoms with E-state index in [9.17, 15) is 14.0 Å². The minimum atomic E-state index is -0.746. The van der Waals surface area contributed by atoms with Gasteiger partial charge in [0.15, 0.2) is 0 Å². The Labute approximate surface area is 217 Å². The van der Waals surface area contributed by atoms with Gasteiger partial charge >= 0.3 is 0 Å². The van der Waals surface area contributed by atoms with Gasteiger partial charge in [0, 0.05) is 39.6 Å². The van der Waals surface area contributed by atoms with Gasteiger partial charge in [0.05, 0.1) is 11.9 Å². The fourth-order valence-corrected chi connectivity index (χ4v) is 4.48. The third-order valence-corrected chi connectivity index (χ3v) is 6.81. The van der Waals surface area contributed by atoms with Crippen molar-refractivity contribution in [3.8, 4) is 0 Å². The molecule has 0 bridgehead atoms. The topological polar surface area (TPSA) is 77.6 Å². The summed E-state index contributed by atoms with van der Waals surface area (Å²) in [6.45, 7) is 9.09. The van der Waals surface area contributed by atoms with Crippen LogP contribution in [0.4, 0.5) is 15.9 Å². The Hall–Kier alpha value is -3.78. The van der Waals surface area contributed by atoms with Gasteiger partial charge in [-0.3, -0.25) is 9.59 Å². The van der Waals surface area contributed by atoms with E-state index in [-0.39, 0.29) is 17.7 Å². The van der Waals surface area contributed by atoms with Crippen LogP contribution in [-0.4, -0.2) is 54.4 Å². The predicted octanol–water partition coefficient (Wildman–Crippen LogP) is 4.27. The number of amides is 2. The molecule has 0 unspecified atom stereocenters. The van der Waals surface area contributed by atoms with Gasteiger partial charge in [-0.15, -0.1) is 0 Å². The molecule has 4 rings (SSSR count). The average Bonchev–Trinajstić information content (AvgIpc) is 2.89. The molecule has 0 spiro atoms. The molecule has 2 atom stereocenters. The summed E-state index contributed by atoms with van der Waals surface area (Å²) in [5.74, 6) is -0.0325. The third-order valence-electron chi connectivity index (χ3n) is 6.81. The molecule has 7 nitrogen and oxygen atoms in total. The van der Waals surface area contributed by atoms with E-state index in [0.29, 0.717) is 31.0 Å². The van der Waals surface area contributed by atoms with E-state index in [4.69, 9.17) is 0 Å². The second-order valence-electron chi connectivity index (χ2n) is 9.59. The average molecular weight is 504 g/mol. The summed E-state index contributed by atoms with van der Waals surface area (Å²) in [7, 11) is 0. The van der Waals surface area contributed by atoms with E-state index in [1.165, 1.54) is 17.7 Å². The first-order chi connectivity index (χ1) is 17.8. The number of nitrogens with one attached hydrogen (secondary N) is 2. The highest BCUT2D eigenvalue weighted by molar-refractivity contribution is 5.94. The van der Waals surface area contributed by atoms with E-state index in [1.807, 2.05) is 17.9 Å². The number of benzene rings is 2. The fraction of sp³-hybridized carbons (Fsp3) is 0.345. The molecule has 1 aliphatic rings. The quantitative estimate of drug-likeness (QED) is 0.480. The van der Waals surface area contributed by atoms with E-state index in [2.05, 4.69) is 51.7 Å². The molecular formula is C29H34FN5O2. The smallest absolute Gasteiger partial charge is 0.247 e. The third kappa shape index (κ3) is 6.92. The van der Waals surface area contributed by atoms with Crippen LogP contribution in [0.3, 0.4) is 0 Å². The summed E-state index contributed by atoms with van der Waals surface area (Å²) in [6.07, 6.45) is 1.73. The summed E-state index contributed by atoms with van der Waals surface area (Å²) in [5.41, 5.74) is 3.84. The maximum atomic E-state index is 14.0. The first kappa shape index (κ1) is 26.3. The van der Waals surface area contributed by atoms with Crippen LogP contribution in [0.5, 0.6) is 0 Å². The zero-order chi connectivity index (χ0) is 26.4. The maximum Gasteiger partial charge on any atom is 0.247 e. The molecule has 2 amide bonds. The number of anilines is 2. The summed E-state index contributed by atoms with van der Waals surface area (Å²) in [5, 5.41) is 6.20. The lowest BCUT2D eigenvalue weighted by Crippen LogP contribution is -2.48. The molecule has 8 heteroatoms. The second-order valence-corrected chi connectivity index (χ2v) is 9.59. The van der Waals surface area contributed by atoms with Crippen LogP contribution in [0, 0.1) is 12.7 Å². The van der Waals surface area contributed by atoms with E-state index < -0.39 is 11.9 Å². The van der Waals surface area contributed by atoms with Crippen molar-refractivity contribution in [2.45, 2.75) is 32.7 Å². The highest BCUT2D eigenvalue weighted by Crippen LogP contribution is 2.22. The molecule has 1 saturated heterocycles. The van der Waals surface area contributed by atoms with Crippen LogP contribution in [0.25, 0.3) is 0 Å². The van der Waals surface area contributed by atoms with Crippen molar-refractivity contribution in [2.24, 2.45) is 0 Å². The number of rotatable bonds is 8. The van der Waals surface area contributed by atoms with Crippen LogP contribution in [0.1, 0.15) is 42.5 Å². The molecule has 1 fully saturated rings. The molecule has 1 aromatic heterocycles. The Bertz CT molecular complexity index is 1210. The van der Waals surface area contributed by atoms with E-state index in [1.54, 1.807) is 31.3 Å². The fourth-order valence-electron chi connectivity index (χ4n) is 4.48. The summed E-state index contributed by atoms with van der Waals surface area (Å²) >= 11 is 0. The van der Waals surface area contributed by atoms with Crippen LogP contribution < -0.4 is 15.5 Å². The predicted molar refractivity (Wildman–Crippen MR) is 144 cm³/mol. The van der Waals surface area contributed by atoms with Crippen molar-refractivity contribution in [3.63, 3.8) is 0 Å².